The molecule has 0 unspecified atom stereocenters. The van der Waals surface area contributed by atoms with Crippen LogP contribution in [0.5, 0.6) is 0 Å². The summed E-state index contributed by atoms with van der Waals surface area (Å²) in [4.78, 5) is 23.8. The number of nitrogens with zero attached hydrogens (tertiary/aromatic N) is 1. The Morgan fingerprint density at radius 1 is 1.03 bits per heavy atom. The molecule has 1 N–H and O–H groups in total. The van der Waals surface area contributed by atoms with E-state index in [1.807, 2.05) is 32.0 Å². The summed E-state index contributed by atoms with van der Waals surface area (Å²) >= 11 is 0. The molecule has 0 spiro atoms. The van der Waals surface area contributed by atoms with Crippen LogP contribution < -0.4 is 4.90 Å². The maximum Gasteiger partial charge on any atom is 0.418 e. The molecule has 0 atom stereocenters. The van der Waals surface area contributed by atoms with Gasteiger partial charge in [-0.2, -0.15) is 0 Å². The number of amides is 1. The Labute approximate surface area is 189 Å². The van der Waals surface area contributed by atoms with E-state index < -0.39 is 12.1 Å². The van der Waals surface area contributed by atoms with E-state index in [-0.39, 0.29) is 12.4 Å². The molecule has 6 nitrogen and oxygen atoms in total. The van der Waals surface area contributed by atoms with Crippen LogP contribution in [-0.2, 0) is 14.3 Å². The van der Waals surface area contributed by atoms with Gasteiger partial charge in [0.15, 0.2) is 0 Å². The lowest BCUT2D eigenvalue weighted by molar-refractivity contribution is -0.141. The molecule has 0 aliphatic heterocycles. The molecule has 1 aliphatic carbocycles. The second-order valence-corrected chi connectivity index (χ2v) is 8.07. The molecule has 174 valence electrons. The summed E-state index contributed by atoms with van der Waals surface area (Å²) in [6.07, 6.45) is 5.43. The number of carbonyl (C=O) groups is 2. The molecule has 7 heteroatoms. The van der Waals surface area contributed by atoms with Gasteiger partial charge in [-0.3, -0.25) is 0 Å². The minimum absolute atomic E-state index is 0.208. The van der Waals surface area contributed by atoms with Crippen LogP contribution in [0, 0.1) is 25.6 Å². The summed E-state index contributed by atoms with van der Waals surface area (Å²) in [5.41, 5.74) is 3.26. The van der Waals surface area contributed by atoms with Gasteiger partial charge < -0.3 is 14.6 Å². The fourth-order valence-electron chi connectivity index (χ4n) is 3.79. The molecule has 0 heterocycles. The lowest BCUT2D eigenvalue weighted by Crippen LogP contribution is -2.29. The van der Waals surface area contributed by atoms with Crippen molar-refractivity contribution < 1.29 is 28.6 Å². The smallest absolute Gasteiger partial charge is 0.418 e. The molecule has 1 amide bonds. The SMILES string of the molecule is COCC(=O)O.Cc1cc(C)cc(N(C(=O)OCC2CCCCC2)c2cccc(F)c2)c1. The molecule has 1 aliphatic rings. The number of carbonyl (C=O) groups excluding carboxylic acids is 1. The Bertz CT molecular complexity index is 875. The van der Waals surface area contributed by atoms with Crippen LogP contribution >= 0.6 is 0 Å². The van der Waals surface area contributed by atoms with Crippen LogP contribution in [0.15, 0.2) is 42.5 Å². The molecule has 0 bridgehead atoms. The van der Waals surface area contributed by atoms with Gasteiger partial charge in [0.2, 0.25) is 0 Å². The Hall–Kier alpha value is -2.93. The highest BCUT2D eigenvalue weighted by Crippen LogP contribution is 2.30. The average Bonchev–Trinajstić information content (AvgIpc) is 2.73. The van der Waals surface area contributed by atoms with E-state index in [2.05, 4.69) is 4.74 Å². The number of benzene rings is 2. The summed E-state index contributed by atoms with van der Waals surface area (Å²) in [6, 6.07) is 11.9. The molecule has 0 saturated heterocycles. The summed E-state index contributed by atoms with van der Waals surface area (Å²) in [6.45, 7) is 4.18. The highest BCUT2D eigenvalue weighted by molar-refractivity contribution is 5.96. The minimum atomic E-state index is -0.933. The standard InChI is InChI=1S/C22H26FNO2.C3H6O3/c1-16-11-17(2)13-21(12-16)24(20-10-6-9-19(23)14-20)22(25)26-15-18-7-4-3-5-8-18;1-6-2-3(4)5/h6,9-14,18H,3-5,7-8,15H2,1-2H3;2H2,1H3,(H,4,5). The van der Waals surface area contributed by atoms with E-state index in [0.29, 0.717) is 23.9 Å². The van der Waals surface area contributed by atoms with Gasteiger partial charge in [0.05, 0.1) is 18.0 Å². The fourth-order valence-corrected chi connectivity index (χ4v) is 3.79. The molecule has 2 aromatic rings. The lowest BCUT2D eigenvalue weighted by Gasteiger charge is -2.26. The predicted octanol–water partition coefficient (Wildman–Crippen LogP) is 6.01. The van der Waals surface area contributed by atoms with E-state index in [1.54, 1.807) is 12.1 Å². The number of halogens is 1. The summed E-state index contributed by atoms with van der Waals surface area (Å²) < 4.78 is 23.6. The van der Waals surface area contributed by atoms with E-state index in [4.69, 9.17) is 9.84 Å². The first kappa shape index (κ1) is 25.3. The Kier molecular flexibility index (Phi) is 10.1. The van der Waals surface area contributed by atoms with Gasteiger partial charge in [-0.15, -0.1) is 0 Å². The topological polar surface area (TPSA) is 76.1 Å². The number of ether oxygens (including phenoxy) is 2. The quantitative estimate of drug-likeness (QED) is 0.589. The zero-order valence-corrected chi connectivity index (χ0v) is 19.0. The Morgan fingerprint density at radius 2 is 1.69 bits per heavy atom. The van der Waals surface area contributed by atoms with E-state index in [0.717, 1.165) is 24.0 Å². The first-order valence-corrected chi connectivity index (χ1v) is 10.8. The van der Waals surface area contributed by atoms with E-state index >= 15 is 0 Å². The number of aryl methyl sites for hydroxylation is 2. The maximum atomic E-state index is 13.8. The molecule has 2 aromatic carbocycles. The third kappa shape index (κ3) is 8.30. The van der Waals surface area contributed by atoms with Gasteiger partial charge in [-0.05, 0) is 74.1 Å². The van der Waals surface area contributed by atoms with Gasteiger partial charge in [-0.25, -0.2) is 18.9 Å². The number of hydrogen-bond donors (Lipinski definition) is 1. The largest absolute Gasteiger partial charge is 0.480 e. The van der Waals surface area contributed by atoms with Crippen molar-refractivity contribution in [3.05, 3.63) is 59.4 Å². The zero-order valence-electron chi connectivity index (χ0n) is 19.0. The number of hydrogen-bond acceptors (Lipinski definition) is 4. The fraction of sp³-hybridized carbons (Fsp3) is 0.440. The van der Waals surface area contributed by atoms with Crippen LogP contribution in [0.3, 0.4) is 0 Å². The second-order valence-electron chi connectivity index (χ2n) is 8.07. The van der Waals surface area contributed by atoms with Gasteiger partial charge in [-0.1, -0.05) is 31.4 Å². The maximum absolute atomic E-state index is 13.8. The molecular formula is C25H32FNO5. The number of aliphatic carboxylic acids is 1. The minimum Gasteiger partial charge on any atom is -0.480 e. The molecule has 0 radical (unpaired) electrons. The Morgan fingerprint density at radius 3 is 2.22 bits per heavy atom. The van der Waals surface area contributed by atoms with Gasteiger partial charge in [0.1, 0.15) is 12.4 Å². The lowest BCUT2D eigenvalue weighted by atomic mass is 9.90. The van der Waals surface area contributed by atoms with Crippen LogP contribution in [-0.4, -0.2) is 37.5 Å². The summed E-state index contributed by atoms with van der Waals surface area (Å²) in [5, 5.41) is 7.79. The van der Waals surface area contributed by atoms with Gasteiger partial charge in [0, 0.05) is 7.11 Å². The van der Waals surface area contributed by atoms with Crippen molar-refractivity contribution in [2.75, 3.05) is 25.2 Å². The number of methoxy groups -OCH3 is 1. The van der Waals surface area contributed by atoms with Crippen molar-refractivity contribution in [1.29, 1.82) is 0 Å². The highest BCUT2D eigenvalue weighted by atomic mass is 19.1. The van der Waals surface area contributed by atoms with Crippen LogP contribution in [0.1, 0.15) is 43.2 Å². The molecular weight excluding hydrogens is 413 g/mol. The molecule has 32 heavy (non-hydrogen) atoms. The first-order chi connectivity index (χ1) is 15.3. The molecule has 3 rings (SSSR count). The third-order valence-electron chi connectivity index (χ3n) is 5.15. The third-order valence-corrected chi connectivity index (χ3v) is 5.15. The monoisotopic (exact) mass is 445 g/mol. The Balaban J connectivity index is 0.000000534. The van der Waals surface area contributed by atoms with Crippen molar-refractivity contribution in [3.63, 3.8) is 0 Å². The molecule has 0 aromatic heterocycles. The molecule has 1 fully saturated rings. The first-order valence-electron chi connectivity index (χ1n) is 10.8. The average molecular weight is 446 g/mol. The van der Waals surface area contributed by atoms with Crippen molar-refractivity contribution >= 4 is 23.4 Å². The van der Waals surface area contributed by atoms with Crippen molar-refractivity contribution in [2.45, 2.75) is 46.0 Å². The van der Waals surface area contributed by atoms with E-state index in [1.165, 1.54) is 43.4 Å². The predicted molar refractivity (Wildman–Crippen MR) is 122 cm³/mol. The number of carboxylic acid groups (broad SMARTS) is 1. The van der Waals surface area contributed by atoms with Crippen LogP contribution in [0.2, 0.25) is 0 Å². The number of anilines is 2. The van der Waals surface area contributed by atoms with E-state index in [9.17, 15) is 14.0 Å². The van der Waals surface area contributed by atoms with Crippen molar-refractivity contribution in [2.24, 2.45) is 5.92 Å². The van der Waals surface area contributed by atoms with Crippen molar-refractivity contribution in [1.82, 2.24) is 0 Å². The summed E-state index contributed by atoms with van der Waals surface area (Å²) in [7, 11) is 1.34. The summed E-state index contributed by atoms with van der Waals surface area (Å²) in [5.74, 6) is -0.879. The van der Waals surface area contributed by atoms with Crippen LogP contribution in [0.4, 0.5) is 20.6 Å². The normalized spacial score (nSPS) is 13.6. The second kappa shape index (κ2) is 12.8. The van der Waals surface area contributed by atoms with Crippen LogP contribution in [0.25, 0.3) is 0 Å². The number of carboxylic acids is 1. The zero-order chi connectivity index (χ0) is 23.5. The van der Waals surface area contributed by atoms with Crippen molar-refractivity contribution in [3.8, 4) is 0 Å². The van der Waals surface area contributed by atoms with Gasteiger partial charge in [0.25, 0.3) is 0 Å². The number of rotatable bonds is 6. The molecule has 1 saturated carbocycles. The highest BCUT2D eigenvalue weighted by Gasteiger charge is 2.23. The van der Waals surface area contributed by atoms with Gasteiger partial charge >= 0.3 is 12.1 Å².